The third-order valence-electron chi connectivity index (χ3n) is 4.61. The van der Waals surface area contributed by atoms with Crippen LogP contribution in [-0.4, -0.2) is 35.8 Å². The van der Waals surface area contributed by atoms with Crippen molar-refractivity contribution < 1.29 is 19.4 Å². The van der Waals surface area contributed by atoms with Crippen molar-refractivity contribution in [2.75, 3.05) is 13.7 Å². The van der Waals surface area contributed by atoms with Gasteiger partial charge in [-0.15, -0.1) is 0 Å². The molecule has 1 fully saturated rings. The molecule has 1 saturated carbocycles. The van der Waals surface area contributed by atoms with E-state index in [0.717, 1.165) is 11.3 Å². The summed E-state index contributed by atoms with van der Waals surface area (Å²) in [5.74, 6) is 1.41. The number of aliphatic hydroxyl groups excluding tert-OH is 1. The van der Waals surface area contributed by atoms with Gasteiger partial charge in [-0.1, -0.05) is 24.3 Å². The van der Waals surface area contributed by atoms with Crippen LogP contribution in [0.3, 0.4) is 0 Å². The smallest absolute Gasteiger partial charge is 0.223 e. The molecule has 6 nitrogen and oxygen atoms in total. The molecular weight excluding hydrogens is 332 g/mol. The standard InChI is InChI=1S/C20H24N2O4/c1-25-19-8-7-14(13-21-19)20(15-11-16(23)12-15)22-18(24)9-10-26-17-5-3-2-4-6-17/h2-8,13,15-16,20,23H,9-12H2,1H3,(H,22,24). The van der Waals surface area contributed by atoms with Gasteiger partial charge in [0, 0.05) is 12.3 Å². The highest BCUT2D eigenvalue weighted by Crippen LogP contribution is 2.38. The molecule has 1 aliphatic rings. The monoisotopic (exact) mass is 356 g/mol. The van der Waals surface area contributed by atoms with Crippen molar-refractivity contribution in [2.45, 2.75) is 31.4 Å². The molecule has 2 aromatic rings. The lowest BCUT2D eigenvalue weighted by molar-refractivity contribution is -0.123. The van der Waals surface area contributed by atoms with Crippen molar-refractivity contribution in [2.24, 2.45) is 5.92 Å². The van der Waals surface area contributed by atoms with Crippen LogP contribution in [0.15, 0.2) is 48.7 Å². The molecule has 1 unspecified atom stereocenters. The van der Waals surface area contributed by atoms with Crippen molar-refractivity contribution >= 4 is 5.91 Å². The first kappa shape index (κ1) is 18.2. The molecule has 0 bridgehead atoms. The summed E-state index contributed by atoms with van der Waals surface area (Å²) < 4.78 is 10.7. The molecule has 1 aliphatic carbocycles. The summed E-state index contributed by atoms with van der Waals surface area (Å²) in [5.41, 5.74) is 0.917. The Morgan fingerprint density at radius 2 is 2.04 bits per heavy atom. The van der Waals surface area contributed by atoms with Crippen LogP contribution >= 0.6 is 0 Å². The van der Waals surface area contributed by atoms with Gasteiger partial charge < -0.3 is 19.9 Å². The Bertz CT molecular complexity index is 700. The zero-order valence-corrected chi connectivity index (χ0v) is 14.8. The van der Waals surface area contributed by atoms with Crippen LogP contribution in [0.4, 0.5) is 0 Å². The number of nitrogens with one attached hydrogen (secondary N) is 1. The number of benzene rings is 1. The van der Waals surface area contributed by atoms with Gasteiger partial charge in [0.05, 0.1) is 32.3 Å². The zero-order chi connectivity index (χ0) is 18.4. The third-order valence-corrected chi connectivity index (χ3v) is 4.61. The van der Waals surface area contributed by atoms with Crippen LogP contribution in [0, 0.1) is 5.92 Å². The normalized spacial score (nSPS) is 19.9. The molecule has 0 saturated heterocycles. The number of carbonyl (C=O) groups is 1. The minimum atomic E-state index is -0.285. The van der Waals surface area contributed by atoms with Crippen LogP contribution in [0.2, 0.25) is 0 Å². The molecule has 138 valence electrons. The average molecular weight is 356 g/mol. The van der Waals surface area contributed by atoms with Gasteiger partial charge >= 0.3 is 0 Å². The lowest BCUT2D eigenvalue weighted by atomic mass is 9.75. The molecule has 1 heterocycles. The second-order valence-electron chi connectivity index (χ2n) is 6.48. The lowest BCUT2D eigenvalue weighted by Gasteiger charge is -2.38. The number of hydrogen-bond acceptors (Lipinski definition) is 5. The molecule has 1 amide bonds. The van der Waals surface area contributed by atoms with Gasteiger partial charge in [0.1, 0.15) is 5.75 Å². The Morgan fingerprint density at radius 3 is 2.65 bits per heavy atom. The summed E-state index contributed by atoms with van der Waals surface area (Å²) in [6, 6.07) is 12.9. The topological polar surface area (TPSA) is 80.7 Å². The van der Waals surface area contributed by atoms with Crippen LogP contribution in [0.5, 0.6) is 11.6 Å². The third kappa shape index (κ3) is 4.73. The van der Waals surface area contributed by atoms with Gasteiger partial charge in [0.2, 0.25) is 11.8 Å². The average Bonchev–Trinajstić information content (AvgIpc) is 2.65. The van der Waals surface area contributed by atoms with Crippen molar-refractivity contribution in [1.29, 1.82) is 0 Å². The maximum atomic E-state index is 12.4. The summed E-state index contributed by atoms with van der Waals surface area (Å²) >= 11 is 0. The molecule has 0 aliphatic heterocycles. The van der Waals surface area contributed by atoms with Gasteiger partial charge in [-0.05, 0) is 36.5 Å². The predicted molar refractivity (Wildman–Crippen MR) is 97.0 cm³/mol. The molecule has 6 heteroatoms. The largest absolute Gasteiger partial charge is 0.493 e. The molecule has 2 N–H and O–H groups in total. The van der Waals surface area contributed by atoms with Gasteiger partial charge in [0.15, 0.2) is 0 Å². The summed E-state index contributed by atoms with van der Waals surface area (Å²) in [5, 5.41) is 12.7. The Balaban J connectivity index is 1.57. The maximum absolute atomic E-state index is 12.4. The summed E-state index contributed by atoms with van der Waals surface area (Å²) in [7, 11) is 1.57. The Labute approximate surface area is 153 Å². The quantitative estimate of drug-likeness (QED) is 0.759. The first-order valence-electron chi connectivity index (χ1n) is 8.81. The molecule has 26 heavy (non-hydrogen) atoms. The second-order valence-corrected chi connectivity index (χ2v) is 6.48. The van der Waals surface area contributed by atoms with E-state index in [1.807, 2.05) is 36.4 Å². The number of ether oxygens (including phenoxy) is 2. The Kier molecular flexibility index (Phi) is 6.07. The fourth-order valence-corrected chi connectivity index (χ4v) is 3.10. The van der Waals surface area contributed by atoms with E-state index in [1.54, 1.807) is 19.4 Å². The van der Waals surface area contributed by atoms with E-state index in [1.165, 1.54) is 0 Å². The van der Waals surface area contributed by atoms with Gasteiger partial charge in [-0.2, -0.15) is 0 Å². The first-order chi connectivity index (χ1) is 12.7. The minimum Gasteiger partial charge on any atom is -0.493 e. The highest BCUT2D eigenvalue weighted by Gasteiger charge is 2.35. The van der Waals surface area contributed by atoms with Crippen molar-refractivity contribution in [3.8, 4) is 11.6 Å². The maximum Gasteiger partial charge on any atom is 0.223 e. The number of nitrogens with zero attached hydrogens (tertiary/aromatic N) is 1. The van der Waals surface area contributed by atoms with Crippen LogP contribution in [-0.2, 0) is 4.79 Å². The fourth-order valence-electron chi connectivity index (χ4n) is 3.10. The highest BCUT2D eigenvalue weighted by molar-refractivity contribution is 5.76. The van der Waals surface area contributed by atoms with Crippen molar-refractivity contribution in [3.05, 3.63) is 54.2 Å². The van der Waals surface area contributed by atoms with E-state index >= 15 is 0 Å². The van der Waals surface area contributed by atoms with E-state index in [2.05, 4.69) is 10.3 Å². The zero-order valence-electron chi connectivity index (χ0n) is 14.8. The second kappa shape index (κ2) is 8.67. The fraction of sp³-hybridized carbons (Fsp3) is 0.400. The summed E-state index contributed by atoms with van der Waals surface area (Å²) in [6.07, 6.45) is 3.06. The molecule has 1 aromatic heterocycles. The Morgan fingerprint density at radius 1 is 1.27 bits per heavy atom. The van der Waals surface area contributed by atoms with E-state index in [-0.39, 0.29) is 30.4 Å². The molecule has 3 rings (SSSR count). The molecule has 1 atom stereocenters. The highest BCUT2D eigenvalue weighted by atomic mass is 16.5. The summed E-state index contributed by atoms with van der Waals surface area (Å²) in [4.78, 5) is 16.6. The minimum absolute atomic E-state index is 0.0804. The van der Waals surface area contributed by atoms with E-state index in [0.29, 0.717) is 25.3 Å². The first-order valence-corrected chi connectivity index (χ1v) is 8.81. The molecular formula is C20H24N2O4. The van der Waals surface area contributed by atoms with Gasteiger partial charge in [-0.25, -0.2) is 4.98 Å². The van der Waals surface area contributed by atoms with E-state index in [4.69, 9.17) is 9.47 Å². The Hall–Kier alpha value is -2.60. The molecule has 1 aromatic carbocycles. The van der Waals surface area contributed by atoms with Crippen molar-refractivity contribution in [1.82, 2.24) is 10.3 Å². The number of amides is 1. The SMILES string of the molecule is COc1ccc(C(NC(=O)CCOc2ccccc2)C2CC(O)C2)cn1. The van der Waals surface area contributed by atoms with Crippen LogP contribution in [0.1, 0.15) is 30.9 Å². The number of aliphatic hydroxyl groups is 1. The van der Waals surface area contributed by atoms with E-state index in [9.17, 15) is 9.90 Å². The number of pyridine rings is 1. The number of aromatic nitrogens is 1. The number of para-hydroxylation sites is 1. The lowest BCUT2D eigenvalue weighted by Crippen LogP contribution is -2.41. The van der Waals surface area contributed by atoms with Gasteiger partial charge in [-0.3, -0.25) is 4.79 Å². The number of hydrogen-bond donors (Lipinski definition) is 2. The molecule has 0 spiro atoms. The van der Waals surface area contributed by atoms with E-state index < -0.39 is 0 Å². The number of rotatable bonds is 8. The molecule has 0 radical (unpaired) electrons. The summed E-state index contributed by atoms with van der Waals surface area (Å²) in [6.45, 7) is 0.316. The number of carbonyl (C=O) groups excluding carboxylic acids is 1. The van der Waals surface area contributed by atoms with Crippen LogP contribution < -0.4 is 14.8 Å². The number of methoxy groups -OCH3 is 1. The van der Waals surface area contributed by atoms with Crippen LogP contribution in [0.25, 0.3) is 0 Å². The van der Waals surface area contributed by atoms with Gasteiger partial charge in [0.25, 0.3) is 0 Å². The van der Waals surface area contributed by atoms with Crippen molar-refractivity contribution in [3.63, 3.8) is 0 Å². The predicted octanol–water partition coefficient (Wildman–Crippen LogP) is 2.49.